The molecule has 1 saturated carbocycles. The first-order chi connectivity index (χ1) is 6.74. The van der Waals surface area contributed by atoms with E-state index in [1.807, 2.05) is 7.05 Å². The van der Waals surface area contributed by atoms with Crippen molar-refractivity contribution in [1.82, 2.24) is 4.90 Å². The van der Waals surface area contributed by atoms with Gasteiger partial charge in [0, 0.05) is 6.54 Å². The van der Waals surface area contributed by atoms with Crippen molar-refractivity contribution in [3.05, 3.63) is 0 Å². The Morgan fingerprint density at radius 1 is 1.36 bits per heavy atom. The van der Waals surface area contributed by atoms with Gasteiger partial charge in [-0.15, -0.1) is 0 Å². The van der Waals surface area contributed by atoms with Crippen molar-refractivity contribution < 1.29 is 9.53 Å². The second kappa shape index (κ2) is 3.89. The summed E-state index contributed by atoms with van der Waals surface area (Å²) in [5.41, 5.74) is 0. The molecule has 0 bridgehead atoms. The Hall–Kier alpha value is -0.570. The van der Waals surface area contributed by atoms with Crippen LogP contribution in [0.3, 0.4) is 0 Å². The van der Waals surface area contributed by atoms with Crippen LogP contribution in [0.4, 0.5) is 0 Å². The van der Waals surface area contributed by atoms with Gasteiger partial charge >= 0.3 is 5.97 Å². The lowest BCUT2D eigenvalue weighted by Gasteiger charge is -2.27. The first kappa shape index (κ1) is 9.97. The minimum Gasteiger partial charge on any atom is -0.468 e. The fourth-order valence-corrected chi connectivity index (χ4v) is 3.16. The number of rotatable bonds is 1. The lowest BCUT2D eigenvalue weighted by Crippen LogP contribution is -2.38. The van der Waals surface area contributed by atoms with Gasteiger partial charge in [-0.25, -0.2) is 0 Å². The molecule has 2 fully saturated rings. The molecule has 1 heterocycles. The third kappa shape index (κ3) is 1.54. The van der Waals surface area contributed by atoms with Gasteiger partial charge in [-0.05, 0) is 31.7 Å². The molecule has 3 heteroatoms. The van der Waals surface area contributed by atoms with Crippen LogP contribution >= 0.6 is 0 Å². The molecule has 80 valence electrons. The van der Waals surface area contributed by atoms with Crippen molar-refractivity contribution in [1.29, 1.82) is 0 Å². The van der Waals surface area contributed by atoms with Gasteiger partial charge in [0.15, 0.2) is 0 Å². The first-order valence-electron chi connectivity index (χ1n) is 5.52. The zero-order valence-electron chi connectivity index (χ0n) is 9.03. The SMILES string of the molecule is COC(=O)C1C2CCCCC2CN1C. The van der Waals surface area contributed by atoms with Gasteiger partial charge in [0.2, 0.25) is 0 Å². The Morgan fingerprint density at radius 3 is 2.79 bits per heavy atom. The van der Waals surface area contributed by atoms with Crippen molar-refractivity contribution in [3.63, 3.8) is 0 Å². The molecule has 0 amide bonds. The number of methoxy groups -OCH3 is 1. The molecular formula is C11H19NO2. The van der Waals surface area contributed by atoms with Crippen LogP contribution in [0.25, 0.3) is 0 Å². The molecule has 0 spiro atoms. The molecule has 0 aromatic heterocycles. The molecule has 1 saturated heterocycles. The molecule has 2 rings (SSSR count). The largest absolute Gasteiger partial charge is 0.468 e. The van der Waals surface area contributed by atoms with Gasteiger partial charge < -0.3 is 4.74 Å². The van der Waals surface area contributed by atoms with Gasteiger partial charge in [0.05, 0.1) is 7.11 Å². The minimum atomic E-state index is -0.0399. The van der Waals surface area contributed by atoms with E-state index < -0.39 is 0 Å². The van der Waals surface area contributed by atoms with E-state index in [2.05, 4.69) is 4.90 Å². The highest BCUT2D eigenvalue weighted by Gasteiger charge is 2.45. The van der Waals surface area contributed by atoms with Gasteiger partial charge in [0.25, 0.3) is 0 Å². The monoisotopic (exact) mass is 197 g/mol. The number of hydrogen-bond acceptors (Lipinski definition) is 3. The van der Waals surface area contributed by atoms with Crippen LogP contribution in [-0.4, -0.2) is 37.6 Å². The van der Waals surface area contributed by atoms with Crippen molar-refractivity contribution in [2.75, 3.05) is 20.7 Å². The van der Waals surface area contributed by atoms with Gasteiger partial charge in [-0.1, -0.05) is 12.8 Å². The zero-order chi connectivity index (χ0) is 10.1. The van der Waals surface area contributed by atoms with Crippen LogP contribution in [0.2, 0.25) is 0 Å². The highest BCUT2D eigenvalue weighted by atomic mass is 16.5. The van der Waals surface area contributed by atoms with E-state index >= 15 is 0 Å². The molecule has 14 heavy (non-hydrogen) atoms. The summed E-state index contributed by atoms with van der Waals surface area (Å²) in [5, 5.41) is 0. The molecule has 0 radical (unpaired) electrons. The molecule has 3 unspecified atom stereocenters. The summed E-state index contributed by atoms with van der Waals surface area (Å²) < 4.78 is 4.87. The number of likely N-dealkylation sites (N-methyl/N-ethyl adjacent to an activating group) is 1. The van der Waals surface area contributed by atoms with E-state index in [0.29, 0.717) is 5.92 Å². The Morgan fingerprint density at radius 2 is 2.07 bits per heavy atom. The average Bonchev–Trinajstić information content (AvgIpc) is 2.53. The maximum atomic E-state index is 11.6. The number of ether oxygens (including phenoxy) is 1. The summed E-state index contributed by atoms with van der Waals surface area (Å²) in [4.78, 5) is 13.8. The predicted molar refractivity (Wildman–Crippen MR) is 53.9 cm³/mol. The summed E-state index contributed by atoms with van der Waals surface area (Å²) in [7, 11) is 3.53. The van der Waals surface area contributed by atoms with Crippen LogP contribution in [-0.2, 0) is 9.53 Å². The lowest BCUT2D eigenvalue weighted by molar-refractivity contribution is -0.147. The van der Waals surface area contributed by atoms with Crippen LogP contribution in [0.1, 0.15) is 25.7 Å². The number of carbonyl (C=O) groups is 1. The molecule has 0 aromatic carbocycles. The third-order valence-corrected chi connectivity index (χ3v) is 3.81. The maximum Gasteiger partial charge on any atom is 0.323 e. The Labute approximate surface area is 85.4 Å². The fraction of sp³-hybridized carbons (Fsp3) is 0.909. The van der Waals surface area contributed by atoms with E-state index in [-0.39, 0.29) is 12.0 Å². The Balaban J connectivity index is 2.11. The lowest BCUT2D eigenvalue weighted by atomic mass is 9.78. The van der Waals surface area contributed by atoms with E-state index in [9.17, 15) is 4.79 Å². The first-order valence-corrected chi connectivity index (χ1v) is 5.52. The van der Waals surface area contributed by atoms with Crippen molar-refractivity contribution >= 4 is 5.97 Å². The molecule has 1 aliphatic carbocycles. The van der Waals surface area contributed by atoms with E-state index in [4.69, 9.17) is 4.74 Å². The minimum absolute atomic E-state index is 0.0327. The zero-order valence-corrected chi connectivity index (χ0v) is 9.03. The molecule has 2 aliphatic rings. The molecule has 0 N–H and O–H groups in total. The summed E-state index contributed by atoms with van der Waals surface area (Å²) in [5.74, 6) is 1.25. The highest BCUT2D eigenvalue weighted by Crippen LogP contribution is 2.39. The third-order valence-electron chi connectivity index (χ3n) is 3.81. The van der Waals surface area contributed by atoms with E-state index in [1.165, 1.54) is 32.8 Å². The van der Waals surface area contributed by atoms with Crippen LogP contribution in [0, 0.1) is 11.8 Å². The van der Waals surface area contributed by atoms with Crippen LogP contribution in [0.15, 0.2) is 0 Å². The number of esters is 1. The normalized spacial score (nSPS) is 38.0. The summed E-state index contributed by atoms with van der Waals surface area (Å²) >= 11 is 0. The van der Waals surface area contributed by atoms with Gasteiger partial charge in [-0.3, -0.25) is 9.69 Å². The fourth-order valence-electron chi connectivity index (χ4n) is 3.16. The molecule has 3 nitrogen and oxygen atoms in total. The number of hydrogen-bond donors (Lipinski definition) is 0. The van der Waals surface area contributed by atoms with Crippen molar-refractivity contribution in [2.45, 2.75) is 31.7 Å². The molecule has 1 aliphatic heterocycles. The maximum absolute atomic E-state index is 11.6. The van der Waals surface area contributed by atoms with E-state index in [1.54, 1.807) is 0 Å². The molecular weight excluding hydrogens is 178 g/mol. The summed E-state index contributed by atoms with van der Waals surface area (Å²) in [6, 6.07) is 0.0327. The van der Waals surface area contributed by atoms with Crippen LogP contribution < -0.4 is 0 Å². The van der Waals surface area contributed by atoms with Gasteiger partial charge in [-0.2, -0.15) is 0 Å². The van der Waals surface area contributed by atoms with Crippen molar-refractivity contribution in [3.8, 4) is 0 Å². The summed E-state index contributed by atoms with van der Waals surface area (Å²) in [6.07, 6.45) is 5.11. The Kier molecular flexibility index (Phi) is 2.77. The number of nitrogens with zero attached hydrogens (tertiary/aromatic N) is 1. The second-order valence-electron chi connectivity index (χ2n) is 4.62. The smallest absolute Gasteiger partial charge is 0.323 e. The van der Waals surface area contributed by atoms with Gasteiger partial charge in [0.1, 0.15) is 6.04 Å². The Bertz CT molecular complexity index is 229. The highest BCUT2D eigenvalue weighted by molar-refractivity contribution is 5.76. The quantitative estimate of drug-likeness (QED) is 0.593. The predicted octanol–water partition coefficient (Wildman–Crippen LogP) is 1.28. The number of fused-ring (bicyclic) bond motifs is 1. The van der Waals surface area contributed by atoms with Crippen molar-refractivity contribution in [2.24, 2.45) is 11.8 Å². The molecule has 0 aromatic rings. The summed E-state index contributed by atoms with van der Waals surface area (Å²) in [6.45, 7) is 1.07. The number of likely N-dealkylation sites (tertiary alicyclic amines) is 1. The second-order valence-corrected chi connectivity index (χ2v) is 4.62. The topological polar surface area (TPSA) is 29.5 Å². The van der Waals surface area contributed by atoms with Crippen LogP contribution in [0.5, 0.6) is 0 Å². The molecule has 3 atom stereocenters. The average molecular weight is 197 g/mol. The standard InChI is InChI=1S/C11H19NO2/c1-12-7-8-5-3-4-6-9(8)10(12)11(13)14-2/h8-10H,3-7H2,1-2H3. The van der Waals surface area contributed by atoms with E-state index in [0.717, 1.165) is 12.5 Å². The number of carbonyl (C=O) groups excluding carboxylic acids is 1.